The SMILES string of the molecule is CCn1ccc(C(=O)N2CCC3(CC2)CC(Cc2nc(-c4cnccn4)no2)CCO3)n1. The lowest BCUT2D eigenvalue weighted by atomic mass is 9.78. The van der Waals surface area contributed by atoms with E-state index in [1.807, 2.05) is 18.0 Å². The van der Waals surface area contributed by atoms with Gasteiger partial charge >= 0.3 is 0 Å². The van der Waals surface area contributed by atoms with Crippen LogP contribution in [-0.4, -0.2) is 66.0 Å². The second kappa shape index (κ2) is 8.78. The Morgan fingerprint density at radius 2 is 2.16 bits per heavy atom. The van der Waals surface area contributed by atoms with Gasteiger partial charge < -0.3 is 14.2 Å². The van der Waals surface area contributed by atoms with Crippen LogP contribution in [0.3, 0.4) is 0 Å². The minimum absolute atomic E-state index is 0.00168. The van der Waals surface area contributed by atoms with Gasteiger partial charge in [-0.2, -0.15) is 10.1 Å². The zero-order chi connectivity index (χ0) is 22.0. The Bertz CT molecular complexity index is 1060. The number of amides is 1. The summed E-state index contributed by atoms with van der Waals surface area (Å²) in [5.41, 5.74) is 0.934. The van der Waals surface area contributed by atoms with Gasteiger partial charge in [0.25, 0.3) is 5.91 Å². The molecule has 0 saturated carbocycles. The first-order valence-electron chi connectivity index (χ1n) is 11.2. The van der Waals surface area contributed by atoms with Gasteiger partial charge in [0.05, 0.1) is 11.8 Å². The van der Waals surface area contributed by atoms with Gasteiger partial charge in [-0.3, -0.25) is 14.5 Å². The number of hydrogen-bond acceptors (Lipinski definition) is 8. The van der Waals surface area contributed by atoms with Crippen molar-refractivity contribution in [2.24, 2.45) is 5.92 Å². The molecule has 0 radical (unpaired) electrons. The summed E-state index contributed by atoms with van der Waals surface area (Å²) in [4.78, 5) is 27.5. The summed E-state index contributed by atoms with van der Waals surface area (Å²) in [7, 11) is 0. The third kappa shape index (κ3) is 4.27. The fourth-order valence-electron chi connectivity index (χ4n) is 4.69. The molecule has 5 rings (SSSR count). The van der Waals surface area contributed by atoms with E-state index < -0.39 is 0 Å². The highest BCUT2D eigenvalue weighted by atomic mass is 16.5. The van der Waals surface area contributed by atoms with Gasteiger partial charge in [0, 0.05) is 51.3 Å². The van der Waals surface area contributed by atoms with E-state index in [1.54, 1.807) is 29.3 Å². The number of carbonyl (C=O) groups is 1. The predicted octanol–water partition coefficient (Wildman–Crippen LogP) is 2.39. The third-order valence-corrected chi connectivity index (χ3v) is 6.46. The molecule has 1 amide bonds. The Hall–Kier alpha value is -3.14. The molecule has 32 heavy (non-hydrogen) atoms. The first-order valence-corrected chi connectivity index (χ1v) is 11.2. The van der Waals surface area contributed by atoms with E-state index >= 15 is 0 Å². The number of aryl methyl sites for hydroxylation is 1. The number of hydrogen-bond donors (Lipinski definition) is 0. The fraction of sp³-hybridized carbons (Fsp3) is 0.545. The highest BCUT2D eigenvalue weighted by Crippen LogP contribution is 2.39. The van der Waals surface area contributed by atoms with Crippen molar-refractivity contribution < 1.29 is 14.1 Å². The molecule has 1 unspecified atom stereocenters. The monoisotopic (exact) mass is 437 g/mol. The summed E-state index contributed by atoms with van der Waals surface area (Å²) in [5, 5.41) is 8.40. The van der Waals surface area contributed by atoms with E-state index in [0.717, 1.165) is 38.6 Å². The molecule has 0 aromatic carbocycles. The number of ether oxygens (including phenoxy) is 1. The van der Waals surface area contributed by atoms with Crippen LogP contribution in [0.1, 0.15) is 49.0 Å². The lowest BCUT2D eigenvalue weighted by molar-refractivity contribution is -0.124. The molecule has 2 saturated heterocycles. The van der Waals surface area contributed by atoms with E-state index in [4.69, 9.17) is 9.26 Å². The summed E-state index contributed by atoms with van der Waals surface area (Å²) in [6.07, 6.45) is 11.0. The Morgan fingerprint density at radius 3 is 2.91 bits per heavy atom. The maximum atomic E-state index is 12.8. The van der Waals surface area contributed by atoms with Crippen molar-refractivity contribution >= 4 is 5.91 Å². The Kier molecular flexibility index (Phi) is 5.69. The summed E-state index contributed by atoms with van der Waals surface area (Å²) in [6.45, 7) is 4.84. The van der Waals surface area contributed by atoms with Crippen LogP contribution in [0.25, 0.3) is 11.5 Å². The fourth-order valence-corrected chi connectivity index (χ4v) is 4.69. The van der Waals surface area contributed by atoms with Crippen LogP contribution >= 0.6 is 0 Å². The molecule has 2 aliphatic heterocycles. The van der Waals surface area contributed by atoms with E-state index in [1.165, 1.54) is 0 Å². The first-order chi connectivity index (χ1) is 15.6. The molecule has 3 aromatic heterocycles. The molecule has 0 aliphatic carbocycles. The molecule has 1 spiro atoms. The van der Waals surface area contributed by atoms with Crippen molar-refractivity contribution in [2.45, 2.75) is 51.2 Å². The van der Waals surface area contributed by atoms with Gasteiger partial charge in [-0.15, -0.1) is 0 Å². The normalized spacial score (nSPS) is 20.5. The quantitative estimate of drug-likeness (QED) is 0.598. The third-order valence-electron chi connectivity index (χ3n) is 6.46. The zero-order valence-electron chi connectivity index (χ0n) is 18.2. The second-order valence-electron chi connectivity index (χ2n) is 8.55. The molecule has 10 nitrogen and oxygen atoms in total. The van der Waals surface area contributed by atoms with Crippen LogP contribution in [0.5, 0.6) is 0 Å². The summed E-state index contributed by atoms with van der Waals surface area (Å²) in [6, 6.07) is 1.79. The predicted molar refractivity (Wildman–Crippen MR) is 113 cm³/mol. The number of piperidine rings is 1. The molecule has 1 atom stereocenters. The van der Waals surface area contributed by atoms with E-state index in [0.29, 0.717) is 48.7 Å². The number of nitrogens with zero attached hydrogens (tertiary/aromatic N) is 7. The molecular formula is C22H27N7O3. The van der Waals surface area contributed by atoms with Gasteiger partial charge in [0.2, 0.25) is 11.7 Å². The molecule has 5 heterocycles. The van der Waals surface area contributed by atoms with Crippen molar-refractivity contribution in [3.63, 3.8) is 0 Å². The van der Waals surface area contributed by atoms with Crippen molar-refractivity contribution in [2.75, 3.05) is 19.7 Å². The van der Waals surface area contributed by atoms with Crippen LogP contribution in [0.2, 0.25) is 0 Å². The van der Waals surface area contributed by atoms with Gasteiger partial charge in [0.15, 0.2) is 0 Å². The topological polar surface area (TPSA) is 112 Å². The van der Waals surface area contributed by atoms with Crippen LogP contribution in [0.15, 0.2) is 35.4 Å². The smallest absolute Gasteiger partial charge is 0.274 e. The number of likely N-dealkylation sites (tertiary alicyclic amines) is 1. The van der Waals surface area contributed by atoms with Crippen molar-refractivity contribution in [3.8, 4) is 11.5 Å². The zero-order valence-corrected chi connectivity index (χ0v) is 18.2. The van der Waals surface area contributed by atoms with Crippen LogP contribution in [0, 0.1) is 5.92 Å². The van der Waals surface area contributed by atoms with Crippen molar-refractivity contribution in [3.05, 3.63) is 42.4 Å². The van der Waals surface area contributed by atoms with Gasteiger partial charge in [-0.1, -0.05) is 5.16 Å². The van der Waals surface area contributed by atoms with Crippen LogP contribution in [-0.2, 0) is 17.7 Å². The molecule has 2 fully saturated rings. The van der Waals surface area contributed by atoms with Gasteiger partial charge in [-0.25, -0.2) is 4.98 Å². The maximum Gasteiger partial charge on any atom is 0.274 e. The molecule has 0 N–H and O–H groups in total. The van der Waals surface area contributed by atoms with Crippen molar-refractivity contribution in [1.82, 2.24) is 34.8 Å². The Balaban J connectivity index is 1.18. The average Bonchev–Trinajstić information content (AvgIpc) is 3.50. The highest BCUT2D eigenvalue weighted by Gasteiger charge is 2.41. The average molecular weight is 438 g/mol. The summed E-state index contributed by atoms with van der Waals surface area (Å²) >= 11 is 0. The minimum Gasteiger partial charge on any atom is -0.375 e. The Labute approximate surface area is 186 Å². The molecule has 168 valence electrons. The largest absolute Gasteiger partial charge is 0.375 e. The molecular weight excluding hydrogens is 410 g/mol. The molecule has 10 heteroatoms. The summed E-state index contributed by atoms with van der Waals surface area (Å²) < 4.78 is 13.5. The summed E-state index contributed by atoms with van der Waals surface area (Å²) in [5.74, 6) is 1.49. The maximum absolute atomic E-state index is 12.8. The van der Waals surface area contributed by atoms with Crippen LogP contribution < -0.4 is 0 Å². The first kappa shape index (κ1) is 20.7. The Morgan fingerprint density at radius 1 is 1.28 bits per heavy atom. The van der Waals surface area contributed by atoms with Gasteiger partial charge in [-0.05, 0) is 44.6 Å². The number of aromatic nitrogens is 6. The second-order valence-corrected chi connectivity index (χ2v) is 8.55. The molecule has 3 aromatic rings. The lowest BCUT2D eigenvalue weighted by Gasteiger charge is -2.46. The molecule has 2 aliphatic rings. The standard InChI is InChI=1S/C22H27N7O3/c1-2-29-9-3-17(26-29)21(30)28-10-5-22(6-11-28)14-16(4-12-31-22)13-19-25-20(27-32-19)18-15-23-7-8-24-18/h3,7-9,15-16H,2,4-6,10-14H2,1H3. The van der Waals surface area contributed by atoms with E-state index in [2.05, 4.69) is 25.2 Å². The van der Waals surface area contributed by atoms with E-state index in [9.17, 15) is 4.79 Å². The van der Waals surface area contributed by atoms with E-state index in [-0.39, 0.29) is 11.5 Å². The minimum atomic E-state index is -0.184. The molecule has 0 bridgehead atoms. The lowest BCUT2D eigenvalue weighted by Crippen LogP contribution is -2.51. The number of rotatable bonds is 5. The number of carbonyl (C=O) groups excluding carboxylic acids is 1. The van der Waals surface area contributed by atoms with Crippen molar-refractivity contribution in [1.29, 1.82) is 0 Å². The highest BCUT2D eigenvalue weighted by molar-refractivity contribution is 5.92. The van der Waals surface area contributed by atoms with Gasteiger partial charge in [0.1, 0.15) is 11.4 Å². The van der Waals surface area contributed by atoms with Crippen LogP contribution in [0.4, 0.5) is 0 Å².